The number of furan rings is 1. The van der Waals surface area contributed by atoms with Crippen LogP contribution in [-0.2, 0) is 16.4 Å². The van der Waals surface area contributed by atoms with Crippen molar-refractivity contribution < 1.29 is 27.1 Å². The first-order valence-corrected chi connectivity index (χ1v) is 13.7. The molecule has 2 aromatic carbocycles. The van der Waals surface area contributed by atoms with Crippen molar-refractivity contribution in [3.05, 3.63) is 70.7 Å². The average Bonchev–Trinajstić information content (AvgIpc) is 3.59. The fourth-order valence-electron chi connectivity index (χ4n) is 3.82. The highest BCUT2D eigenvalue weighted by Gasteiger charge is 2.22. The lowest BCUT2D eigenvalue weighted by Gasteiger charge is -2.12. The Morgan fingerprint density at radius 2 is 1.98 bits per heavy atom. The van der Waals surface area contributed by atoms with Crippen molar-refractivity contribution in [2.24, 2.45) is 5.73 Å². The Morgan fingerprint density at radius 1 is 1.17 bits per heavy atom. The van der Waals surface area contributed by atoms with E-state index in [-0.39, 0.29) is 28.4 Å². The van der Waals surface area contributed by atoms with E-state index >= 15 is 0 Å². The number of sulfonamides is 1. The second kappa shape index (κ2) is 10.9. The highest BCUT2D eigenvalue weighted by Crippen LogP contribution is 2.31. The zero-order valence-electron chi connectivity index (χ0n) is 20.9. The zero-order chi connectivity index (χ0) is 29.3. The van der Waals surface area contributed by atoms with Crippen molar-refractivity contribution in [3.63, 3.8) is 0 Å². The molecule has 0 unspecified atom stereocenters. The van der Waals surface area contributed by atoms with Gasteiger partial charge in [-0.1, -0.05) is 17.7 Å². The molecule has 14 nitrogen and oxygen atoms in total. The van der Waals surface area contributed by atoms with Gasteiger partial charge in [-0.15, -0.1) is 5.10 Å². The summed E-state index contributed by atoms with van der Waals surface area (Å²) in [5, 5.41) is 16.7. The fourth-order valence-corrected chi connectivity index (χ4v) is 5.20. The lowest BCUT2D eigenvalue weighted by Crippen LogP contribution is -2.16. The van der Waals surface area contributed by atoms with Crippen LogP contribution in [0.3, 0.4) is 0 Å². The number of aromatic nitrogens is 5. The molecule has 0 saturated carbocycles. The molecule has 7 N–H and O–H groups in total. The minimum absolute atomic E-state index is 0.0615. The molecular weight excluding hydrogens is 581 g/mol. The van der Waals surface area contributed by atoms with Crippen LogP contribution in [0.25, 0.3) is 17.4 Å². The molecule has 1 amide bonds. The largest absolute Gasteiger partial charge is 0.506 e. The molecule has 0 spiro atoms. The highest BCUT2D eigenvalue weighted by molar-refractivity contribution is 7.92. The second-order valence-electron chi connectivity index (χ2n) is 8.64. The van der Waals surface area contributed by atoms with Crippen LogP contribution in [0.15, 0.2) is 58.0 Å². The van der Waals surface area contributed by atoms with Gasteiger partial charge in [0.2, 0.25) is 17.7 Å². The second-order valence-corrected chi connectivity index (χ2v) is 10.7. The van der Waals surface area contributed by atoms with Crippen LogP contribution in [-0.4, -0.2) is 50.5 Å². The number of amides is 1. The van der Waals surface area contributed by atoms with Gasteiger partial charge in [0.1, 0.15) is 11.6 Å². The van der Waals surface area contributed by atoms with E-state index in [0.717, 1.165) is 18.2 Å². The number of nitrogen functional groups attached to an aromatic ring is 1. The molecule has 0 fully saturated rings. The van der Waals surface area contributed by atoms with Gasteiger partial charge >= 0.3 is 0 Å². The summed E-state index contributed by atoms with van der Waals surface area (Å²) in [5.74, 6) is -1.10. The standard InChI is InChI=1S/C24H21ClFN9O5S/c25-16-11-14(10-15(19(16)36)20(27)37)41(38,39)34-13-6-5-12(17(26)9-13)3-1-7-29-23-31-22(28)35-24(32-23)30-21(33-35)18-4-2-8-40-18/h2,4-6,8-11,34,36H,1,3,7H2,(H2,27,37)(H3,28,29,30,31,32,33). The maximum absolute atomic E-state index is 14.8. The molecule has 0 radical (unpaired) electrons. The van der Waals surface area contributed by atoms with E-state index in [4.69, 9.17) is 27.5 Å². The SMILES string of the molecule is NC(=O)c1cc(S(=O)(=O)Nc2ccc(CCCNc3nc(N)n4nc(-c5ccco5)nc4n3)c(F)c2)cc(Cl)c1O. The summed E-state index contributed by atoms with van der Waals surface area (Å²) in [5.41, 5.74) is 10.9. The maximum atomic E-state index is 14.8. The Balaban J connectivity index is 1.21. The van der Waals surface area contributed by atoms with Crippen molar-refractivity contribution in [1.29, 1.82) is 0 Å². The van der Waals surface area contributed by atoms with Crippen LogP contribution in [0.5, 0.6) is 5.75 Å². The third-order valence-electron chi connectivity index (χ3n) is 5.80. The van der Waals surface area contributed by atoms with Crippen LogP contribution in [0.4, 0.5) is 22.0 Å². The topological polar surface area (TPSA) is 217 Å². The van der Waals surface area contributed by atoms with Crippen LogP contribution in [0.1, 0.15) is 22.3 Å². The van der Waals surface area contributed by atoms with Gasteiger partial charge < -0.3 is 26.3 Å². The number of benzene rings is 2. The van der Waals surface area contributed by atoms with Gasteiger partial charge in [0.25, 0.3) is 21.7 Å². The first-order valence-electron chi connectivity index (χ1n) is 11.8. The van der Waals surface area contributed by atoms with Crippen molar-refractivity contribution >= 4 is 50.9 Å². The Morgan fingerprint density at radius 3 is 2.68 bits per heavy atom. The molecular formula is C24H21ClFN9O5S. The zero-order valence-corrected chi connectivity index (χ0v) is 22.4. The maximum Gasteiger partial charge on any atom is 0.261 e. The van der Waals surface area contributed by atoms with Crippen LogP contribution >= 0.6 is 11.6 Å². The van der Waals surface area contributed by atoms with Crippen LogP contribution in [0.2, 0.25) is 5.02 Å². The minimum atomic E-state index is -4.29. The predicted molar refractivity (Wildman–Crippen MR) is 146 cm³/mol. The number of aromatic hydroxyl groups is 1. The lowest BCUT2D eigenvalue weighted by molar-refractivity contribution is 0.0997. The Kier molecular flexibility index (Phi) is 7.34. The normalized spacial score (nSPS) is 11.6. The molecule has 0 aliphatic heterocycles. The van der Waals surface area contributed by atoms with E-state index in [1.165, 1.54) is 22.9 Å². The van der Waals surface area contributed by atoms with Gasteiger partial charge in [-0.25, -0.2) is 12.8 Å². The van der Waals surface area contributed by atoms with Gasteiger partial charge in [-0.05, 0) is 54.8 Å². The number of primary amides is 1. The van der Waals surface area contributed by atoms with E-state index in [2.05, 4.69) is 30.1 Å². The minimum Gasteiger partial charge on any atom is -0.506 e. The number of phenols is 1. The summed E-state index contributed by atoms with van der Waals surface area (Å²) >= 11 is 5.83. The number of halogens is 2. The van der Waals surface area contributed by atoms with Gasteiger partial charge in [0, 0.05) is 6.54 Å². The van der Waals surface area contributed by atoms with Gasteiger partial charge in [0.15, 0.2) is 5.76 Å². The summed E-state index contributed by atoms with van der Waals surface area (Å²) < 4.78 is 49.1. The summed E-state index contributed by atoms with van der Waals surface area (Å²) in [6, 6.07) is 9.08. The number of aryl methyl sites for hydroxylation is 1. The summed E-state index contributed by atoms with van der Waals surface area (Å²) in [7, 11) is -4.29. The van der Waals surface area contributed by atoms with Crippen molar-refractivity contribution in [3.8, 4) is 17.3 Å². The lowest BCUT2D eigenvalue weighted by atomic mass is 10.1. The third kappa shape index (κ3) is 5.82. The number of hydrogen-bond donors (Lipinski definition) is 5. The van der Waals surface area contributed by atoms with E-state index in [9.17, 15) is 22.7 Å². The summed E-state index contributed by atoms with van der Waals surface area (Å²) in [4.78, 5) is 23.8. The van der Waals surface area contributed by atoms with Crippen molar-refractivity contribution in [2.75, 3.05) is 22.3 Å². The molecule has 0 bridgehead atoms. The van der Waals surface area contributed by atoms with Gasteiger partial charge in [0.05, 0.1) is 27.4 Å². The number of rotatable bonds is 10. The molecule has 0 aliphatic rings. The van der Waals surface area contributed by atoms with Crippen molar-refractivity contribution in [1.82, 2.24) is 24.6 Å². The number of nitrogens with two attached hydrogens (primary N) is 2. The Bertz CT molecular complexity index is 1880. The summed E-state index contributed by atoms with van der Waals surface area (Å²) in [6.45, 7) is 0.367. The molecule has 0 aliphatic carbocycles. The van der Waals surface area contributed by atoms with E-state index in [1.54, 1.807) is 12.1 Å². The predicted octanol–water partition coefficient (Wildman–Crippen LogP) is 2.80. The smallest absolute Gasteiger partial charge is 0.261 e. The Labute approximate surface area is 236 Å². The summed E-state index contributed by atoms with van der Waals surface area (Å²) in [6.07, 6.45) is 2.28. The van der Waals surface area contributed by atoms with E-state index in [0.29, 0.717) is 36.5 Å². The van der Waals surface area contributed by atoms with E-state index in [1.807, 2.05) is 0 Å². The van der Waals surface area contributed by atoms with Crippen molar-refractivity contribution in [2.45, 2.75) is 17.7 Å². The molecule has 0 saturated heterocycles. The number of anilines is 3. The quantitative estimate of drug-likeness (QED) is 0.147. The Hall–Kier alpha value is -4.96. The number of carbonyl (C=O) groups is 1. The van der Waals surface area contributed by atoms with Gasteiger partial charge in [-0.2, -0.15) is 19.5 Å². The molecule has 5 rings (SSSR count). The molecule has 41 heavy (non-hydrogen) atoms. The highest BCUT2D eigenvalue weighted by atomic mass is 35.5. The molecule has 212 valence electrons. The van der Waals surface area contributed by atoms with Crippen LogP contribution in [0, 0.1) is 5.82 Å². The number of nitrogens with one attached hydrogen (secondary N) is 2. The first-order chi connectivity index (χ1) is 19.5. The molecule has 0 atom stereocenters. The third-order valence-corrected chi connectivity index (χ3v) is 7.45. The number of carbonyl (C=O) groups excluding carboxylic acids is 1. The molecule has 17 heteroatoms. The molecule has 3 aromatic heterocycles. The number of nitrogens with zero attached hydrogens (tertiary/aromatic N) is 5. The fraction of sp³-hybridized carbons (Fsp3) is 0.125. The number of hydrogen-bond acceptors (Lipinski definition) is 11. The molecule has 5 aromatic rings. The average molecular weight is 602 g/mol. The molecule has 3 heterocycles. The first kappa shape index (κ1) is 27.6. The number of fused-ring (bicyclic) bond motifs is 1. The van der Waals surface area contributed by atoms with Crippen LogP contribution < -0.4 is 21.5 Å². The van der Waals surface area contributed by atoms with Gasteiger partial charge in [-0.3, -0.25) is 9.52 Å². The van der Waals surface area contributed by atoms with E-state index < -0.39 is 38.0 Å². The monoisotopic (exact) mass is 601 g/mol.